The number of hydrogen-bond acceptors (Lipinski definition) is 3. The first-order chi connectivity index (χ1) is 9.81. The number of unbranched alkanes of at least 4 members (excludes halogenated alkanes) is 1. The second-order valence-corrected chi connectivity index (χ2v) is 6.47. The van der Waals surface area contributed by atoms with Gasteiger partial charge in [0.15, 0.2) is 0 Å². The summed E-state index contributed by atoms with van der Waals surface area (Å²) in [5, 5.41) is 5.80. The Labute approximate surface area is 141 Å². The molecule has 0 bridgehead atoms. The van der Waals surface area contributed by atoms with Crippen molar-refractivity contribution >= 4 is 24.2 Å². The first kappa shape index (κ1) is 23.5. The Hall–Kier alpha value is -0.810. The molecule has 132 valence electrons. The zero-order valence-corrected chi connectivity index (χ0v) is 15.5. The molecular weight excluding hydrogens is 302 g/mol. The molecule has 2 amide bonds. The monoisotopic (exact) mass is 335 g/mol. The van der Waals surface area contributed by atoms with Gasteiger partial charge in [0.2, 0.25) is 11.8 Å². The summed E-state index contributed by atoms with van der Waals surface area (Å²) in [5.74, 6) is 0.123. The van der Waals surface area contributed by atoms with Crippen LogP contribution in [0.5, 0.6) is 0 Å². The fraction of sp³-hybridized carbons (Fsp3) is 0.875. The Morgan fingerprint density at radius 3 is 2.09 bits per heavy atom. The highest BCUT2D eigenvalue weighted by molar-refractivity contribution is 5.88. The van der Waals surface area contributed by atoms with Crippen LogP contribution < -0.4 is 16.4 Å². The zero-order chi connectivity index (χ0) is 16.4. The van der Waals surface area contributed by atoms with Crippen LogP contribution in [-0.4, -0.2) is 30.4 Å². The molecule has 0 aromatic heterocycles. The van der Waals surface area contributed by atoms with Crippen molar-refractivity contribution in [1.29, 1.82) is 0 Å². The molecule has 0 saturated carbocycles. The molecule has 22 heavy (non-hydrogen) atoms. The fourth-order valence-electron chi connectivity index (χ4n) is 2.13. The van der Waals surface area contributed by atoms with Crippen molar-refractivity contribution in [2.75, 3.05) is 6.54 Å². The molecule has 0 radical (unpaired) electrons. The lowest BCUT2D eigenvalue weighted by Gasteiger charge is -2.25. The molecular formula is C16H34ClN3O2. The molecule has 2 unspecified atom stereocenters. The van der Waals surface area contributed by atoms with E-state index in [9.17, 15) is 9.59 Å². The summed E-state index contributed by atoms with van der Waals surface area (Å²) in [6.07, 6.45) is 3.43. The largest absolute Gasteiger partial charge is 0.350 e. The van der Waals surface area contributed by atoms with Crippen LogP contribution in [0, 0.1) is 11.8 Å². The van der Waals surface area contributed by atoms with Gasteiger partial charge in [-0.05, 0) is 18.3 Å². The average molecular weight is 336 g/mol. The summed E-state index contributed by atoms with van der Waals surface area (Å²) in [7, 11) is 0. The van der Waals surface area contributed by atoms with Crippen molar-refractivity contribution in [3.05, 3.63) is 0 Å². The molecule has 0 fully saturated rings. The van der Waals surface area contributed by atoms with E-state index in [4.69, 9.17) is 5.73 Å². The molecule has 0 aliphatic carbocycles. The molecule has 0 spiro atoms. The van der Waals surface area contributed by atoms with E-state index in [1.54, 1.807) is 0 Å². The standard InChI is InChI=1S/C16H33N3O2.ClH/c1-6-7-8-13(10-17)18-16(21)15(12(4)5)19-14(20)9-11(2)3;/h11-13,15H,6-10,17H2,1-5H3,(H,18,21)(H,19,20);1H. The van der Waals surface area contributed by atoms with Crippen molar-refractivity contribution in [1.82, 2.24) is 10.6 Å². The number of amides is 2. The predicted octanol–water partition coefficient (Wildman–Crippen LogP) is 2.23. The van der Waals surface area contributed by atoms with E-state index in [1.807, 2.05) is 27.7 Å². The maximum absolute atomic E-state index is 12.4. The van der Waals surface area contributed by atoms with Crippen LogP contribution in [0.15, 0.2) is 0 Å². The molecule has 6 heteroatoms. The van der Waals surface area contributed by atoms with Gasteiger partial charge in [0, 0.05) is 19.0 Å². The minimum atomic E-state index is -0.494. The van der Waals surface area contributed by atoms with Gasteiger partial charge in [-0.15, -0.1) is 12.4 Å². The highest BCUT2D eigenvalue weighted by Gasteiger charge is 2.25. The fourth-order valence-corrected chi connectivity index (χ4v) is 2.13. The van der Waals surface area contributed by atoms with E-state index >= 15 is 0 Å². The number of halogens is 1. The topological polar surface area (TPSA) is 84.2 Å². The molecule has 5 nitrogen and oxygen atoms in total. The summed E-state index contributed by atoms with van der Waals surface area (Å²) < 4.78 is 0. The summed E-state index contributed by atoms with van der Waals surface area (Å²) in [6, 6.07) is -0.507. The van der Waals surface area contributed by atoms with Crippen LogP contribution >= 0.6 is 12.4 Å². The smallest absolute Gasteiger partial charge is 0.243 e. The van der Waals surface area contributed by atoms with E-state index in [1.165, 1.54) is 0 Å². The van der Waals surface area contributed by atoms with E-state index in [0.29, 0.717) is 13.0 Å². The van der Waals surface area contributed by atoms with Crippen molar-refractivity contribution in [2.45, 2.75) is 72.4 Å². The van der Waals surface area contributed by atoms with Gasteiger partial charge in [-0.25, -0.2) is 0 Å². The van der Waals surface area contributed by atoms with Gasteiger partial charge in [-0.3, -0.25) is 9.59 Å². The van der Waals surface area contributed by atoms with Crippen LogP contribution in [0.4, 0.5) is 0 Å². The zero-order valence-electron chi connectivity index (χ0n) is 14.6. The molecule has 0 aliphatic heterocycles. The molecule has 4 N–H and O–H groups in total. The number of nitrogens with two attached hydrogens (primary N) is 1. The lowest BCUT2D eigenvalue weighted by molar-refractivity contribution is -0.130. The van der Waals surface area contributed by atoms with Crippen molar-refractivity contribution in [3.63, 3.8) is 0 Å². The van der Waals surface area contributed by atoms with Gasteiger partial charge in [0.1, 0.15) is 6.04 Å². The third-order valence-corrected chi connectivity index (χ3v) is 3.40. The first-order valence-electron chi connectivity index (χ1n) is 8.11. The van der Waals surface area contributed by atoms with Gasteiger partial charge >= 0.3 is 0 Å². The summed E-state index contributed by atoms with van der Waals surface area (Å²) in [4.78, 5) is 24.2. The Balaban J connectivity index is 0. The number of carbonyl (C=O) groups is 2. The van der Waals surface area contributed by atoms with Crippen molar-refractivity contribution in [2.24, 2.45) is 17.6 Å². The quantitative estimate of drug-likeness (QED) is 0.572. The van der Waals surface area contributed by atoms with Crippen molar-refractivity contribution in [3.8, 4) is 0 Å². The molecule has 0 aromatic carbocycles. The number of carbonyl (C=O) groups excluding carboxylic acids is 2. The first-order valence-corrected chi connectivity index (χ1v) is 8.11. The van der Waals surface area contributed by atoms with Gasteiger partial charge < -0.3 is 16.4 Å². The van der Waals surface area contributed by atoms with Gasteiger partial charge in [-0.2, -0.15) is 0 Å². The Morgan fingerprint density at radius 2 is 1.68 bits per heavy atom. The molecule has 0 rings (SSSR count). The van der Waals surface area contributed by atoms with E-state index in [-0.39, 0.29) is 42.1 Å². The van der Waals surface area contributed by atoms with Crippen molar-refractivity contribution < 1.29 is 9.59 Å². The number of nitrogens with one attached hydrogen (secondary N) is 2. The highest BCUT2D eigenvalue weighted by Crippen LogP contribution is 2.07. The third-order valence-electron chi connectivity index (χ3n) is 3.40. The normalized spacial score (nSPS) is 13.5. The summed E-state index contributed by atoms with van der Waals surface area (Å²) in [5.41, 5.74) is 5.70. The molecule has 0 aromatic rings. The molecule has 0 aliphatic rings. The Morgan fingerprint density at radius 1 is 1.09 bits per heavy atom. The van der Waals surface area contributed by atoms with Gasteiger partial charge in [-0.1, -0.05) is 47.5 Å². The van der Waals surface area contributed by atoms with E-state index in [2.05, 4.69) is 17.6 Å². The van der Waals surface area contributed by atoms with E-state index < -0.39 is 6.04 Å². The van der Waals surface area contributed by atoms with E-state index in [0.717, 1.165) is 19.3 Å². The van der Waals surface area contributed by atoms with Crippen LogP contribution in [-0.2, 0) is 9.59 Å². The average Bonchev–Trinajstić information content (AvgIpc) is 2.39. The lowest BCUT2D eigenvalue weighted by atomic mass is 10.0. The summed E-state index contributed by atoms with van der Waals surface area (Å²) in [6.45, 7) is 10.4. The van der Waals surface area contributed by atoms with Crippen LogP contribution in [0.25, 0.3) is 0 Å². The number of rotatable bonds is 10. The third kappa shape index (κ3) is 10.0. The molecule has 0 heterocycles. The lowest BCUT2D eigenvalue weighted by Crippen LogP contribution is -2.53. The second kappa shape index (κ2) is 12.7. The highest BCUT2D eigenvalue weighted by atomic mass is 35.5. The minimum absolute atomic E-state index is 0. The second-order valence-electron chi connectivity index (χ2n) is 6.47. The molecule has 0 saturated heterocycles. The van der Waals surface area contributed by atoms with Gasteiger partial charge in [0.25, 0.3) is 0 Å². The SMILES string of the molecule is CCCCC(CN)NC(=O)C(NC(=O)CC(C)C)C(C)C.Cl. The number of hydrogen-bond donors (Lipinski definition) is 3. The predicted molar refractivity (Wildman–Crippen MR) is 94.0 cm³/mol. The summed E-state index contributed by atoms with van der Waals surface area (Å²) >= 11 is 0. The molecule has 2 atom stereocenters. The maximum Gasteiger partial charge on any atom is 0.243 e. The minimum Gasteiger partial charge on any atom is -0.350 e. The van der Waals surface area contributed by atoms with Crippen LogP contribution in [0.2, 0.25) is 0 Å². The van der Waals surface area contributed by atoms with Gasteiger partial charge in [0.05, 0.1) is 0 Å². The Bertz CT molecular complexity index is 323. The Kier molecular flexibility index (Phi) is 13.5. The van der Waals surface area contributed by atoms with Crippen LogP contribution in [0.3, 0.4) is 0 Å². The van der Waals surface area contributed by atoms with Crippen LogP contribution in [0.1, 0.15) is 60.3 Å². The maximum atomic E-state index is 12.4.